The molecule has 2 aromatic rings. The molecule has 94 valence electrons. The molecule has 0 radical (unpaired) electrons. The van der Waals surface area contributed by atoms with Gasteiger partial charge in [-0.05, 0) is 22.0 Å². The number of benzene rings is 1. The molecule has 0 aliphatic rings. The second-order valence-electron chi connectivity index (χ2n) is 3.50. The number of hydrogen-bond donors (Lipinski definition) is 1. The maximum atomic E-state index is 13.9. The Labute approximate surface area is 112 Å². The van der Waals surface area contributed by atoms with E-state index in [1.54, 1.807) is 12.1 Å². The molecule has 0 aliphatic carbocycles. The average molecular weight is 313 g/mol. The Kier molecular flexibility index (Phi) is 3.88. The van der Waals surface area contributed by atoms with Crippen LogP contribution < -0.4 is 4.74 Å². The summed E-state index contributed by atoms with van der Waals surface area (Å²) in [5.74, 6) is -0.359. The molecule has 1 aromatic carbocycles. The normalized spacial score (nSPS) is 12.2. The number of halogens is 2. The summed E-state index contributed by atoms with van der Waals surface area (Å²) in [6, 6.07) is 4.67. The fourth-order valence-corrected chi connectivity index (χ4v) is 1.94. The molecule has 1 atom stereocenters. The molecule has 0 spiro atoms. The van der Waals surface area contributed by atoms with Crippen LogP contribution in [0.3, 0.4) is 0 Å². The third kappa shape index (κ3) is 2.34. The summed E-state index contributed by atoms with van der Waals surface area (Å²) in [6.45, 7) is 0. The van der Waals surface area contributed by atoms with Crippen molar-refractivity contribution in [3.63, 3.8) is 0 Å². The summed E-state index contributed by atoms with van der Waals surface area (Å²) in [5.41, 5.74) is 0.292. The predicted molar refractivity (Wildman–Crippen MR) is 66.7 cm³/mol. The van der Waals surface area contributed by atoms with Gasteiger partial charge in [0.1, 0.15) is 17.6 Å². The minimum atomic E-state index is -1.23. The van der Waals surface area contributed by atoms with Gasteiger partial charge in [0.25, 0.3) is 0 Å². The Morgan fingerprint density at radius 1 is 1.33 bits per heavy atom. The van der Waals surface area contributed by atoms with Crippen molar-refractivity contribution >= 4 is 15.9 Å². The molecule has 2 rings (SSSR count). The summed E-state index contributed by atoms with van der Waals surface area (Å²) in [5, 5.41) is 10.2. The summed E-state index contributed by atoms with van der Waals surface area (Å²) in [6.07, 6.45) is 1.62. The van der Waals surface area contributed by atoms with Gasteiger partial charge in [-0.3, -0.25) is 4.98 Å². The van der Waals surface area contributed by atoms with E-state index in [1.165, 1.54) is 25.6 Å². The zero-order valence-electron chi connectivity index (χ0n) is 9.47. The summed E-state index contributed by atoms with van der Waals surface area (Å²) in [4.78, 5) is 7.89. The lowest BCUT2D eigenvalue weighted by molar-refractivity contribution is 0.202. The highest BCUT2D eigenvalue weighted by molar-refractivity contribution is 9.10. The molecule has 4 nitrogen and oxygen atoms in total. The van der Waals surface area contributed by atoms with E-state index >= 15 is 0 Å². The van der Waals surface area contributed by atoms with Crippen molar-refractivity contribution in [2.75, 3.05) is 7.11 Å². The summed E-state index contributed by atoms with van der Waals surface area (Å²) < 4.78 is 19.1. The van der Waals surface area contributed by atoms with Gasteiger partial charge in [-0.2, -0.15) is 0 Å². The zero-order valence-corrected chi connectivity index (χ0v) is 11.1. The molecule has 0 saturated carbocycles. The van der Waals surface area contributed by atoms with Crippen molar-refractivity contribution in [1.29, 1.82) is 0 Å². The average Bonchev–Trinajstić information content (AvgIpc) is 2.41. The number of nitrogens with zero attached hydrogens (tertiary/aromatic N) is 2. The molecule has 0 saturated heterocycles. The van der Waals surface area contributed by atoms with Crippen molar-refractivity contribution in [1.82, 2.24) is 9.97 Å². The monoisotopic (exact) mass is 312 g/mol. The Bertz CT molecular complexity index is 566. The molecule has 1 N–H and O–H groups in total. The second-order valence-corrected chi connectivity index (χ2v) is 4.35. The van der Waals surface area contributed by atoms with E-state index in [0.29, 0.717) is 0 Å². The van der Waals surface area contributed by atoms with Gasteiger partial charge in [0.05, 0.1) is 11.6 Å². The highest BCUT2D eigenvalue weighted by atomic mass is 79.9. The van der Waals surface area contributed by atoms with Gasteiger partial charge < -0.3 is 9.84 Å². The first kappa shape index (κ1) is 12.9. The lowest BCUT2D eigenvalue weighted by atomic mass is 10.1. The Hall–Kier alpha value is -1.53. The van der Waals surface area contributed by atoms with Crippen molar-refractivity contribution in [3.8, 4) is 5.88 Å². The largest absolute Gasteiger partial charge is 0.480 e. The van der Waals surface area contributed by atoms with Gasteiger partial charge in [0.15, 0.2) is 0 Å². The molecule has 0 amide bonds. The lowest BCUT2D eigenvalue weighted by Crippen LogP contribution is -2.08. The number of ether oxygens (including phenoxy) is 1. The molecule has 1 aromatic heterocycles. The van der Waals surface area contributed by atoms with Crippen LogP contribution in [-0.4, -0.2) is 22.2 Å². The van der Waals surface area contributed by atoms with E-state index in [1.807, 2.05) is 0 Å². The Morgan fingerprint density at radius 2 is 2.06 bits per heavy atom. The van der Waals surface area contributed by atoms with E-state index in [-0.39, 0.29) is 21.6 Å². The molecular formula is C12H10BrFN2O2. The quantitative estimate of drug-likeness (QED) is 0.946. The molecule has 0 bridgehead atoms. The van der Waals surface area contributed by atoms with Crippen LogP contribution in [0.4, 0.5) is 4.39 Å². The van der Waals surface area contributed by atoms with Crippen LogP contribution in [0, 0.1) is 5.82 Å². The van der Waals surface area contributed by atoms with E-state index in [4.69, 9.17) is 4.74 Å². The minimum Gasteiger partial charge on any atom is -0.480 e. The smallest absolute Gasteiger partial charge is 0.238 e. The van der Waals surface area contributed by atoms with Gasteiger partial charge in [0, 0.05) is 18.0 Å². The van der Waals surface area contributed by atoms with Crippen LogP contribution >= 0.6 is 15.9 Å². The van der Waals surface area contributed by atoms with Crippen molar-refractivity contribution in [3.05, 3.63) is 52.1 Å². The number of aromatic nitrogens is 2. The predicted octanol–water partition coefficient (Wildman–Crippen LogP) is 2.47. The first-order chi connectivity index (χ1) is 8.65. The first-order valence-corrected chi connectivity index (χ1v) is 5.91. The molecule has 18 heavy (non-hydrogen) atoms. The van der Waals surface area contributed by atoms with Crippen LogP contribution in [0.1, 0.15) is 17.4 Å². The fourth-order valence-electron chi connectivity index (χ4n) is 1.56. The van der Waals surface area contributed by atoms with Crippen LogP contribution in [0.2, 0.25) is 0 Å². The van der Waals surface area contributed by atoms with Gasteiger partial charge >= 0.3 is 0 Å². The molecule has 6 heteroatoms. The number of rotatable bonds is 3. The maximum absolute atomic E-state index is 13.9. The Morgan fingerprint density at radius 3 is 2.78 bits per heavy atom. The summed E-state index contributed by atoms with van der Waals surface area (Å²) in [7, 11) is 1.41. The minimum absolute atomic E-state index is 0.114. The van der Waals surface area contributed by atoms with Crippen LogP contribution in [0.5, 0.6) is 5.88 Å². The first-order valence-electron chi connectivity index (χ1n) is 5.12. The lowest BCUT2D eigenvalue weighted by Gasteiger charge is -2.14. The highest BCUT2D eigenvalue weighted by Crippen LogP contribution is 2.30. The molecule has 1 unspecified atom stereocenters. The van der Waals surface area contributed by atoms with Crippen LogP contribution in [0.15, 0.2) is 35.1 Å². The zero-order chi connectivity index (χ0) is 13.1. The van der Waals surface area contributed by atoms with Crippen molar-refractivity contribution < 1.29 is 14.2 Å². The Balaban J connectivity index is 2.48. The van der Waals surface area contributed by atoms with Crippen LogP contribution in [-0.2, 0) is 0 Å². The number of aliphatic hydroxyl groups excluding tert-OH is 1. The topological polar surface area (TPSA) is 55.2 Å². The van der Waals surface area contributed by atoms with Gasteiger partial charge in [-0.1, -0.05) is 12.1 Å². The van der Waals surface area contributed by atoms with E-state index in [2.05, 4.69) is 25.9 Å². The standard InChI is InChI=1S/C12H10BrFN2O2/c1-18-12-10(15-5-6-16-12)11(17)7-3-2-4-8(13)9(7)14/h2-6,11,17H,1H3. The van der Waals surface area contributed by atoms with Gasteiger partial charge in [-0.25, -0.2) is 9.37 Å². The summed E-state index contributed by atoms with van der Waals surface area (Å²) >= 11 is 3.07. The second kappa shape index (κ2) is 5.41. The molecule has 1 heterocycles. The van der Waals surface area contributed by atoms with Crippen LogP contribution in [0.25, 0.3) is 0 Å². The number of hydrogen-bond acceptors (Lipinski definition) is 4. The van der Waals surface area contributed by atoms with Crippen molar-refractivity contribution in [2.45, 2.75) is 6.10 Å². The third-order valence-electron chi connectivity index (χ3n) is 2.42. The maximum Gasteiger partial charge on any atom is 0.238 e. The van der Waals surface area contributed by atoms with E-state index in [9.17, 15) is 9.50 Å². The van der Waals surface area contributed by atoms with E-state index < -0.39 is 11.9 Å². The van der Waals surface area contributed by atoms with Gasteiger partial charge in [0.2, 0.25) is 5.88 Å². The molecule has 0 fully saturated rings. The molecule has 0 aliphatic heterocycles. The fraction of sp³-hybridized carbons (Fsp3) is 0.167. The van der Waals surface area contributed by atoms with Crippen molar-refractivity contribution in [2.24, 2.45) is 0 Å². The SMILES string of the molecule is COc1nccnc1C(O)c1cccc(Br)c1F. The van der Waals surface area contributed by atoms with Gasteiger partial charge in [-0.15, -0.1) is 0 Å². The van der Waals surface area contributed by atoms with E-state index in [0.717, 1.165) is 0 Å². The number of aliphatic hydroxyl groups is 1. The highest BCUT2D eigenvalue weighted by Gasteiger charge is 2.21. The third-order valence-corrected chi connectivity index (χ3v) is 3.03. The number of methoxy groups -OCH3 is 1. The molecular weight excluding hydrogens is 303 g/mol.